The molecule has 1 unspecified atom stereocenters. The van der Waals surface area contributed by atoms with E-state index in [0.717, 1.165) is 24.3 Å². The third-order valence-electron chi connectivity index (χ3n) is 4.57. The van der Waals surface area contributed by atoms with Gasteiger partial charge in [-0.05, 0) is 62.7 Å². The van der Waals surface area contributed by atoms with Gasteiger partial charge in [0.15, 0.2) is 0 Å². The smallest absolute Gasteiger partial charge is 0.241 e. The van der Waals surface area contributed by atoms with Crippen molar-refractivity contribution < 1.29 is 9.26 Å². The zero-order valence-electron chi connectivity index (χ0n) is 14.3. The van der Waals surface area contributed by atoms with E-state index in [2.05, 4.69) is 26.1 Å². The van der Waals surface area contributed by atoms with Crippen molar-refractivity contribution >= 4 is 0 Å². The minimum absolute atomic E-state index is 0.399. The number of nitrogens with one attached hydrogen (secondary N) is 1. The second-order valence-corrected chi connectivity index (χ2v) is 6.22. The zero-order valence-corrected chi connectivity index (χ0v) is 14.3. The average molecular weight is 338 g/mol. The standard InChI is InChI=1S/C19H22N4O2/c1-2-24-15-9-7-14(8-10-15)19-21-18(25-22-19)13-23-12-4-6-17(23)16-5-3-11-20-16/h3,5,7-11,17,20H,2,4,6,12-13H2,1H3. The molecule has 6 nitrogen and oxygen atoms in total. The molecule has 1 saturated heterocycles. The van der Waals surface area contributed by atoms with E-state index < -0.39 is 0 Å². The van der Waals surface area contributed by atoms with Gasteiger partial charge in [-0.1, -0.05) is 5.16 Å². The molecule has 3 heterocycles. The number of hydrogen-bond acceptors (Lipinski definition) is 5. The van der Waals surface area contributed by atoms with Gasteiger partial charge in [0.25, 0.3) is 0 Å². The van der Waals surface area contributed by atoms with Crippen molar-refractivity contribution in [3.8, 4) is 17.1 Å². The van der Waals surface area contributed by atoms with Crippen molar-refractivity contribution in [2.45, 2.75) is 32.4 Å². The highest BCUT2D eigenvalue weighted by Gasteiger charge is 2.28. The number of aromatic nitrogens is 3. The maximum absolute atomic E-state index is 5.48. The molecule has 1 fully saturated rings. The highest BCUT2D eigenvalue weighted by molar-refractivity contribution is 5.55. The maximum atomic E-state index is 5.48. The Hall–Kier alpha value is -2.60. The molecular weight excluding hydrogens is 316 g/mol. The minimum atomic E-state index is 0.399. The third-order valence-corrected chi connectivity index (χ3v) is 4.57. The quantitative estimate of drug-likeness (QED) is 0.740. The van der Waals surface area contributed by atoms with E-state index in [4.69, 9.17) is 9.26 Å². The molecule has 0 amide bonds. The number of aromatic amines is 1. The molecule has 1 N–H and O–H groups in total. The molecule has 1 aromatic carbocycles. The van der Waals surface area contributed by atoms with Crippen LogP contribution in [0.3, 0.4) is 0 Å². The lowest BCUT2D eigenvalue weighted by molar-refractivity contribution is 0.210. The predicted molar refractivity (Wildman–Crippen MR) is 94.1 cm³/mol. The van der Waals surface area contributed by atoms with Crippen LogP contribution in [0.4, 0.5) is 0 Å². The van der Waals surface area contributed by atoms with Crippen LogP contribution >= 0.6 is 0 Å². The van der Waals surface area contributed by atoms with E-state index in [1.54, 1.807) is 0 Å². The second kappa shape index (κ2) is 7.11. The summed E-state index contributed by atoms with van der Waals surface area (Å²) < 4.78 is 10.9. The topological polar surface area (TPSA) is 67.2 Å². The fourth-order valence-electron chi connectivity index (χ4n) is 3.40. The summed E-state index contributed by atoms with van der Waals surface area (Å²) >= 11 is 0. The molecule has 3 aromatic rings. The van der Waals surface area contributed by atoms with Crippen LogP contribution in [-0.4, -0.2) is 33.2 Å². The number of rotatable bonds is 6. The van der Waals surface area contributed by atoms with Crippen LogP contribution in [0.1, 0.15) is 37.4 Å². The van der Waals surface area contributed by atoms with Gasteiger partial charge < -0.3 is 14.2 Å². The summed E-state index contributed by atoms with van der Waals surface area (Å²) in [6.45, 7) is 4.35. The molecule has 0 saturated carbocycles. The molecule has 6 heteroatoms. The van der Waals surface area contributed by atoms with Crippen molar-refractivity contribution in [1.29, 1.82) is 0 Å². The number of ether oxygens (including phenoxy) is 1. The predicted octanol–water partition coefficient (Wildman–Crippen LogP) is 3.80. The SMILES string of the molecule is CCOc1ccc(-c2noc(CN3CCCC3c3ccc[nH]3)n2)cc1. The van der Waals surface area contributed by atoms with Gasteiger partial charge >= 0.3 is 0 Å². The van der Waals surface area contributed by atoms with Crippen LogP contribution in [0.2, 0.25) is 0 Å². The molecule has 4 rings (SSSR count). The van der Waals surface area contributed by atoms with Crippen molar-refractivity contribution in [3.63, 3.8) is 0 Å². The van der Waals surface area contributed by atoms with Gasteiger partial charge in [0.2, 0.25) is 11.7 Å². The fraction of sp³-hybridized carbons (Fsp3) is 0.368. The fourth-order valence-corrected chi connectivity index (χ4v) is 3.40. The summed E-state index contributed by atoms with van der Waals surface area (Å²) in [6, 6.07) is 12.3. The molecule has 0 aliphatic carbocycles. The second-order valence-electron chi connectivity index (χ2n) is 6.22. The van der Waals surface area contributed by atoms with Crippen molar-refractivity contribution in [3.05, 3.63) is 54.2 Å². The van der Waals surface area contributed by atoms with Crippen molar-refractivity contribution in [1.82, 2.24) is 20.0 Å². The van der Waals surface area contributed by atoms with Crippen LogP contribution < -0.4 is 4.74 Å². The molecule has 1 atom stereocenters. The van der Waals surface area contributed by atoms with Crippen LogP contribution in [0, 0.1) is 0 Å². The molecule has 1 aliphatic rings. The van der Waals surface area contributed by atoms with E-state index >= 15 is 0 Å². The Morgan fingerprint density at radius 3 is 2.92 bits per heavy atom. The van der Waals surface area contributed by atoms with E-state index in [1.807, 2.05) is 43.5 Å². The average Bonchev–Trinajstić information content (AvgIpc) is 3.38. The summed E-state index contributed by atoms with van der Waals surface area (Å²) in [5.41, 5.74) is 2.18. The van der Waals surface area contributed by atoms with Crippen molar-refractivity contribution in [2.24, 2.45) is 0 Å². The lowest BCUT2D eigenvalue weighted by Crippen LogP contribution is -2.23. The Labute approximate surface area is 146 Å². The van der Waals surface area contributed by atoms with Gasteiger partial charge in [-0.25, -0.2) is 0 Å². The van der Waals surface area contributed by atoms with Gasteiger partial charge in [0.05, 0.1) is 19.2 Å². The summed E-state index contributed by atoms with van der Waals surface area (Å²) in [4.78, 5) is 10.3. The maximum Gasteiger partial charge on any atom is 0.241 e. The molecule has 1 aliphatic heterocycles. The molecule has 0 spiro atoms. The minimum Gasteiger partial charge on any atom is -0.494 e. The lowest BCUT2D eigenvalue weighted by atomic mass is 10.1. The first-order valence-corrected chi connectivity index (χ1v) is 8.76. The highest BCUT2D eigenvalue weighted by atomic mass is 16.5. The first kappa shape index (κ1) is 15.9. The summed E-state index contributed by atoms with van der Waals surface area (Å²) in [5, 5.41) is 4.13. The van der Waals surface area contributed by atoms with Gasteiger partial charge in [-0.15, -0.1) is 0 Å². The summed E-state index contributed by atoms with van der Waals surface area (Å²) in [6.07, 6.45) is 4.31. The van der Waals surface area contributed by atoms with Crippen molar-refractivity contribution in [2.75, 3.05) is 13.2 Å². The number of benzene rings is 1. The zero-order chi connectivity index (χ0) is 17.1. The Bertz CT molecular complexity index is 795. The van der Waals surface area contributed by atoms with Gasteiger partial charge in [0.1, 0.15) is 5.75 Å². The molecule has 0 radical (unpaired) electrons. The highest BCUT2D eigenvalue weighted by Crippen LogP contribution is 2.32. The monoisotopic (exact) mass is 338 g/mol. The summed E-state index contributed by atoms with van der Waals surface area (Å²) in [7, 11) is 0. The van der Waals surface area contributed by atoms with Crippen LogP contribution in [0.25, 0.3) is 11.4 Å². The van der Waals surface area contributed by atoms with Crippen LogP contribution in [-0.2, 0) is 6.54 Å². The number of nitrogens with zero attached hydrogens (tertiary/aromatic N) is 3. The molecule has 0 bridgehead atoms. The van der Waals surface area contributed by atoms with Crippen LogP contribution in [0.5, 0.6) is 5.75 Å². The third kappa shape index (κ3) is 3.44. The number of H-pyrrole nitrogens is 1. The lowest BCUT2D eigenvalue weighted by Gasteiger charge is -2.21. The number of hydrogen-bond donors (Lipinski definition) is 1. The Kier molecular flexibility index (Phi) is 4.52. The Balaban J connectivity index is 1.46. The molecule has 25 heavy (non-hydrogen) atoms. The van der Waals surface area contributed by atoms with E-state index in [0.29, 0.717) is 30.9 Å². The normalized spacial score (nSPS) is 17.9. The molecule has 130 valence electrons. The number of likely N-dealkylation sites (tertiary alicyclic amines) is 1. The largest absolute Gasteiger partial charge is 0.494 e. The van der Waals surface area contributed by atoms with Gasteiger partial charge in [0, 0.05) is 17.5 Å². The Morgan fingerprint density at radius 2 is 2.16 bits per heavy atom. The first-order valence-electron chi connectivity index (χ1n) is 8.76. The van der Waals surface area contributed by atoms with Crippen LogP contribution in [0.15, 0.2) is 47.1 Å². The van der Waals surface area contributed by atoms with Gasteiger partial charge in [-0.3, -0.25) is 4.90 Å². The van der Waals surface area contributed by atoms with E-state index in [9.17, 15) is 0 Å². The Morgan fingerprint density at radius 1 is 1.28 bits per heavy atom. The summed E-state index contributed by atoms with van der Waals surface area (Å²) in [5.74, 6) is 2.12. The van der Waals surface area contributed by atoms with E-state index in [-0.39, 0.29) is 0 Å². The van der Waals surface area contributed by atoms with E-state index in [1.165, 1.54) is 12.1 Å². The van der Waals surface area contributed by atoms with Gasteiger partial charge in [-0.2, -0.15) is 4.98 Å². The molecular formula is C19H22N4O2. The first-order chi connectivity index (χ1) is 12.3. The molecule has 2 aromatic heterocycles.